The van der Waals surface area contributed by atoms with Crippen molar-refractivity contribution in [3.63, 3.8) is 0 Å². The van der Waals surface area contributed by atoms with Crippen LogP contribution in [0.3, 0.4) is 0 Å². The first-order valence-electron chi connectivity index (χ1n) is 4.33. The first-order valence-corrected chi connectivity index (χ1v) is 6.22. The first-order chi connectivity index (χ1) is 6.95. The molecule has 15 heavy (non-hydrogen) atoms. The summed E-state index contributed by atoms with van der Waals surface area (Å²) in [7, 11) is -3.40. The van der Waals surface area contributed by atoms with Crippen molar-refractivity contribution in [2.45, 2.75) is 4.90 Å². The lowest BCUT2D eigenvalue weighted by molar-refractivity contribution is 0.311. The van der Waals surface area contributed by atoms with Crippen LogP contribution in [0.1, 0.15) is 0 Å². The summed E-state index contributed by atoms with van der Waals surface area (Å²) in [6.07, 6.45) is 1.03. The Bertz CT molecular complexity index is 441. The minimum absolute atomic E-state index is 0.0331. The highest BCUT2D eigenvalue weighted by atomic mass is 32.2. The summed E-state index contributed by atoms with van der Waals surface area (Å²) in [4.78, 5) is -0.1000. The van der Waals surface area contributed by atoms with Crippen LogP contribution in [0.25, 0.3) is 0 Å². The molecule has 5 nitrogen and oxygen atoms in total. The van der Waals surface area contributed by atoms with E-state index in [2.05, 4.69) is 5.32 Å². The Hall–Kier alpha value is -1.27. The predicted octanol–water partition coefficient (Wildman–Crippen LogP) is 0.200. The van der Waals surface area contributed by atoms with E-state index in [9.17, 15) is 13.5 Å². The van der Waals surface area contributed by atoms with Crippen LogP contribution in [-0.2, 0) is 9.84 Å². The number of phenols is 1. The van der Waals surface area contributed by atoms with Crippen LogP contribution in [0.4, 0.5) is 5.69 Å². The van der Waals surface area contributed by atoms with Crippen molar-refractivity contribution >= 4 is 15.5 Å². The van der Waals surface area contributed by atoms with Crippen molar-refractivity contribution in [2.75, 3.05) is 24.7 Å². The van der Waals surface area contributed by atoms with Gasteiger partial charge in [0, 0.05) is 24.6 Å². The fourth-order valence-corrected chi connectivity index (χ4v) is 1.90. The second-order valence-corrected chi connectivity index (χ2v) is 5.09. The Morgan fingerprint density at radius 2 is 2.07 bits per heavy atom. The molecule has 0 atom stereocenters. The van der Waals surface area contributed by atoms with E-state index in [1.54, 1.807) is 0 Å². The summed E-state index contributed by atoms with van der Waals surface area (Å²) in [6.45, 7) is 0.312. The molecule has 0 bridgehead atoms. The van der Waals surface area contributed by atoms with Gasteiger partial charge in [-0.1, -0.05) is 0 Å². The van der Waals surface area contributed by atoms with E-state index in [0.29, 0.717) is 12.2 Å². The number of anilines is 1. The van der Waals surface area contributed by atoms with E-state index < -0.39 is 9.84 Å². The van der Waals surface area contributed by atoms with Crippen LogP contribution in [0, 0.1) is 0 Å². The standard InChI is InChI=1S/C9H13NO4S/c1-15(13,14)9-3-2-7(6-8(9)12)10-4-5-11/h2-3,6,10-12H,4-5H2,1H3. The number of nitrogens with one attached hydrogen (secondary N) is 1. The second-order valence-electron chi connectivity index (χ2n) is 3.11. The molecule has 84 valence electrons. The first kappa shape index (κ1) is 11.8. The van der Waals surface area contributed by atoms with Crippen LogP contribution in [-0.4, -0.2) is 38.0 Å². The fraction of sp³-hybridized carbons (Fsp3) is 0.333. The van der Waals surface area contributed by atoms with Gasteiger partial charge >= 0.3 is 0 Å². The van der Waals surface area contributed by atoms with Gasteiger partial charge in [0.1, 0.15) is 10.6 Å². The van der Waals surface area contributed by atoms with Crippen molar-refractivity contribution in [2.24, 2.45) is 0 Å². The number of hydrogen-bond acceptors (Lipinski definition) is 5. The SMILES string of the molecule is CS(=O)(=O)c1ccc(NCCO)cc1O. The van der Waals surface area contributed by atoms with Gasteiger partial charge < -0.3 is 15.5 Å². The van der Waals surface area contributed by atoms with Crippen LogP contribution < -0.4 is 5.32 Å². The maximum absolute atomic E-state index is 11.2. The van der Waals surface area contributed by atoms with E-state index in [1.807, 2.05) is 0 Å². The molecule has 0 aromatic heterocycles. The van der Waals surface area contributed by atoms with Gasteiger partial charge in [-0.15, -0.1) is 0 Å². The van der Waals surface area contributed by atoms with Crippen molar-refractivity contribution in [3.8, 4) is 5.75 Å². The second kappa shape index (κ2) is 4.50. The smallest absolute Gasteiger partial charge is 0.179 e. The summed E-state index contributed by atoms with van der Waals surface area (Å²) in [5.74, 6) is -0.291. The van der Waals surface area contributed by atoms with Crippen LogP contribution in [0.2, 0.25) is 0 Å². The maximum atomic E-state index is 11.2. The van der Waals surface area contributed by atoms with Crippen LogP contribution >= 0.6 is 0 Å². The molecule has 3 N–H and O–H groups in total. The molecule has 0 radical (unpaired) electrons. The zero-order chi connectivity index (χ0) is 11.5. The van der Waals surface area contributed by atoms with Gasteiger partial charge in [-0.25, -0.2) is 8.42 Å². The molecule has 0 aliphatic carbocycles. The van der Waals surface area contributed by atoms with Gasteiger partial charge in [-0.3, -0.25) is 0 Å². The maximum Gasteiger partial charge on any atom is 0.179 e. The summed E-state index contributed by atoms with van der Waals surface area (Å²) < 4.78 is 22.3. The third kappa shape index (κ3) is 3.10. The number of phenolic OH excluding ortho intramolecular Hbond substituents is 1. The van der Waals surface area contributed by atoms with Gasteiger partial charge in [-0.2, -0.15) is 0 Å². The molecule has 0 heterocycles. The van der Waals surface area contributed by atoms with Crippen LogP contribution in [0.15, 0.2) is 23.1 Å². The van der Waals surface area contributed by atoms with Crippen molar-refractivity contribution < 1.29 is 18.6 Å². The summed E-state index contributed by atoms with van der Waals surface area (Å²) in [5.41, 5.74) is 0.564. The zero-order valence-corrected chi connectivity index (χ0v) is 9.08. The van der Waals surface area contributed by atoms with Gasteiger partial charge in [0.25, 0.3) is 0 Å². The highest BCUT2D eigenvalue weighted by molar-refractivity contribution is 7.90. The highest BCUT2D eigenvalue weighted by Gasteiger charge is 2.12. The lowest BCUT2D eigenvalue weighted by Gasteiger charge is -2.07. The average molecular weight is 231 g/mol. The molecule has 0 saturated carbocycles. The molecule has 1 aromatic carbocycles. The molecule has 1 aromatic rings. The minimum Gasteiger partial charge on any atom is -0.507 e. The number of rotatable bonds is 4. The van der Waals surface area contributed by atoms with E-state index in [-0.39, 0.29) is 17.3 Å². The van der Waals surface area contributed by atoms with Crippen LogP contribution in [0.5, 0.6) is 5.75 Å². The Morgan fingerprint density at radius 3 is 2.53 bits per heavy atom. The molecule has 0 aliphatic heterocycles. The molecule has 0 fully saturated rings. The lowest BCUT2D eigenvalue weighted by Crippen LogP contribution is -2.05. The quantitative estimate of drug-likeness (QED) is 0.689. The molecule has 0 spiro atoms. The fourth-order valence-electron chi connectivity index (χ4n) is 1.14. The molecule has 1 rings (SSSR count). The van der Waals surface area contributed by atoms with E-state index in [1.165, 1.54) is 18.2 Å². The molecule has 0 amide bonds. The van der Waals surface area contributed by atoms with Gasteiger partial charge in [-0.05, 0) is 12.1 Å². The number of aromatic hydroxyl groups is 1. The summed E-state index contributed by atoms with van der Waals surface area (Å²) in [6, 6.07) is 4.17. The Labute approximate surface area is 88.3 Å². The number of benzene rings is 1. The number of hydrogen-bond donors (Lipinski definition) is 3. The highest BCUT2D eigenvalue weighted by Crippen LogP contribution is 2.25. The lowest BCUT2D eigenvalue weighted by atomic mass is 10.3. The molecule has 0 saturated heterocycles. The van der Waals surface area contributed by atoms with E-state index in [4.69, 9.17) is 5.11 Å². The normalized spacial score (nSPS) is 11.3. The minimum atomic E-state index is -3.40. The van der Waals surface area contributed by atoms with Gasteiger partial charge in [0.2, 0.25) is 0 Å². The molecule has 6 heteroatoms. The topological polar surface area (TPSA) is 86.6 Å². The largest absolute Gasteiger partial charge is 0.507 e. The third-order valence-corrected chi connectivity index (χ3v) is 2.94. The average Bonchev–Trinajstić information content (AvgIpc) is 2.12. The Balaban J connectivity index is 2.99. The molecular weight excluding hydrogens is 218 g/mol. The van der Waals surface area contributed by atoms with Gasteiger partial charge in [0.15, 0.2) is 9.84 Å². The number of aliphatic hydroxyl groups excluding tert-OH is 1. The van der Waals surface area contributed by atoms with Crippen molar-refractivity contribution in [1.82, 2.24) is 0 Å². The Morgan fingerprint density at radius 1 is 1.40 bits per heavy atom. The Kier molecular flexibility index (Phi) is 3.54. The summed E-state index contributed by atoms with van der Waals surface area (Å²) >= 11 is 0. The molecular formula is C9H13NO4S. The van der Waals surface area contributed by atoms with E-state index in [0.717, 1.165) is 6.26 Å². The molecule has 0 aliphatic rings. The molecule has 0 unspecified atom stereocenters. The number of aliphatic hydroxyl groups is 1. The van der Waals surface area contributed by atoms with E-state index >= 15 is 0 Å². The monoisotopic (exact) mass is 231 g/mol. The zero-order valence-electron chi connectivity index (χ0n) is 8.27. The third-order valence-electron chi connectivity index (χ3n) is 1.80. The van der Waals surface area contributed by atoms with Crippen molar-refractivity contribution in [1.29, 1.82) is 0 Å². The van der Waals surface area contributed by atoms with Crippen molar-refractivity contribution in [3.05, 3.63) is 18.2 Å². The van der Waals surface area contributed by atoms with Gasteiger partial charge in [0.05, 0.1) is 6.61 Å². The predicted molar refractivity (Wildman–Crippen MR) is 56.8 cm³/mol. The number of sulfone groups is 1. The summed E-state index contributed by atoms with van der Waals surface area (Å²) in [5, 5.41) is 20.8.